The second-order valence-electron chi connectivity index (χ2n) is 5.21. The molecule has 1 aromatic carbocycles. The van der Waals surface area contributed by atoms with Crippen LogP contribution in [0.5, 0.6) is 0 Å². The Bertz CT molecular complexity index is 570. The molecule has 0 atom stereocenters. The number of nitrogens with one attached hydrogen (secondary N) is 1. The van der Waals surface area contributed by atoms with Gasteiger partial charge in [-0.15, -0.1) is 0 Å². The Kier molecular flexibility index (Phi) is 4.72. The molecule has 7 heteroatoms. The second-order valence-corrected chi connectivity index (χ2v) is 6.94. The summed E-state index contributed by atoms with van der Waals surface area (Å²) in [6.07, 6.45) is 3.41. The minimum atomic E-state index is -4.02. The molecule has 1 aliphatic rings. The monoisotopic (exact) mass is 304 g/mol. The van der Waals surface area contributed by atoms with E-state index in [0.29, 0.717) is 6.07 Å². The molecule has 112 valence electrons. The lowest BCUT2D eigenvalue weighted by Crippen LogP contribution is -2.34. The zero-order valence-electron chi connectivity index (χ0n) is 11.0. The summed E-state index contributed by atoms with van der Waals surface area (Å²) in [4.78, 5) is -0.648. The number of benzene rings is 1. The largest absolute Gasteiger partial charge is 0.328 e. The van der Waals surface area contributed by atoms with E-state index in [0.717, 1.165) is 37.8 Å². The average Bonchev–Trinajstić information content (AvgIpc) is 2.41. The standard InChI is InChI=1S/C13H18F2N2O2S/c14-10-3-6-12(15)13(7-10)20(18,19)17-8-9-1-4-11(16)5-2-9/h3,6-7,9,11,17H,1-2,4-5,8,16H2. The number of halogens is 2. The van der Waals surface area contributed by atoms with Crippen LogP contribution in [0.4, 0.5) is 8.78 Å². The van der Waals surface area contributed by atoms with E-state index in [9.17, 15) is 17.2 Å². The van der Waals surface area contributed by atoms with Gasteiger partial charge in [-0.05, 0) is 49.8 Å². The van der Waals surface area contributed by atoms with Gasteiger partial charge in [-0.2, -0.15) is 0 Å². The molecule has 2 rings (SSSR count). The Labute approximate surface area is 117 Å². The fraction of sp³-hybridized carbons (Fsp3) is 0.538. The molecule has 0 saturated heterocycles. The first-order valence-corrected chi connectivity index (χ1v) is 8.07. The first kappa shape index (κ1) is 15.3. The van der Waals surface area contributed by atoms with E-state index in [-0.39, 0.29) is 18.5 Å². The van der Waals surface area contributed by atoms with Crippen molar-refractivity contribution in [3.63, 3.8) is 0 Å². The van der Waals surface area contributed by atoms with Gasteiger partial charge in [0.05, 0.1) is 0 Å². The lowest BCUT2D eigenvalue weighted by atomic mass is 9.87. The van der Waals surface area contributed by atoms with Crippen LogP contribution in [0.15, 0.2) is 23.1 Å². The van der Waals surface area contributed by atoms with E-state index in [1.807, 2.05) is 0 Å². The van der Waals surface area contributed by atoms with Crippen molar-refractivity contribution < 1.29 is 17.2 Å². The van der Waals surface area contributed by atoms with Gasteiger partial charge in [-0.3, -0.25) is 0 Å². The summed E-state index contributed by atoms with van der Waals surface area (Å²) >= 11 is 0. The van der Waals surface area contributed by atoms with Crippen molar-refractivity contribution in [3.8, 4) is 0 Å². The van der Waals surface area contributed by atoms with Gasteiger partial charge < -0.3 is 5.73 Å². The smallest absolute Gasteiger partial charge is 0.243 e. The number of rotatable bonds is 4. The van der Waals surface area contributed by atoms with Crippen LogP contribution in [0.25, 0.3) is 0 Å². The molecule has 1 aliphatic carbocycles. The van der Waals surface area contributed by atoms with Crippen LogP contribution < -0.4 is 10.5 Å². The van der Waals surface area contributed by atoms with E-state index in [2.05, 4.69) is 4.72 Å². The molecule has 3 N–H and O–H groups in total. The minimum Gasteiger partial charge on any atom is -0.328 e. The van der Waals surface area contributed by atoms with Gasteiger partial charge in [0.15, 0.2) is 0 Å². The van der Waals surface area contributed by atoms with E-state index in [1.165, 1.54) is 0 Å². The number of nitrogens with two attached hydrogens (primary N) is 1. The zero-order chi connectivity index (χ0) is 14.8. The van der Waals surface area contributed by atoms with Gasteiger partial charge in [-0.25, -0.2) is 21.9 Å². The van der Waals surface area contributed by atoms with Crippen molar-refractivity contribution in [2.75, 3.05) is 6.54 Å². The molecule has 0 unspecified atom stereocenters. The van der Waals surface area contributed by atoms with Gasteiger partial charge in [0.1, 0.15) is 16.5 Å². The molecule has 20 heavy (non-hydrogen) atoms. The van der Waals surface area contributed by atoms with Crippen molar-refractivity contribution in [1.29, 1.82) is 0 Å². The third kappa shape index (κ3) is 3.74. The second kappa shape index (κ2) is 6.15. The summed E-state index contributed by atoms with van der Waals surface area (Å²) in [7, 11) is -4.02. The molecule has 0 heterocycles. The van der Waals surface area contributed by atoms with Crippen LogP contribution in [0.1, 0.15) is 25.7 Å². The lowest BCUT2D eigenvalue weighted by molar-refractivity contribution is 0.326. The SMILES string of the molecule is NC1CCC(CNS(=O)(=O)c2cc(F)ccc2F)CC1. The number of sulfonamides is 1. The van der Waals surface area contributed by atoms with Gasteiger partial charge in [-0.1, -0.05) is 0 Å². The molecular weight excluding hydrogens is 286 g/mol. The maximum Gasteiger partial charge on any atom is 0.243 e. The van der Waals surface area contributed by atoms with Gasteiger partial charge >= 0.3 is 0 Å². The van der Waals surface area contributed by atoms with Crippen LogP contribution in [0, 0.1) is 17.6 Å². The van der Waals surface area contributed by atoms with E-state index in [4.69, 9.17) is 5.73 Å². The topological polar surface area (TPSA) is 72.2 Å². The molecule has 0 amide bonds. The molecule has 0 bridgehead atoms. The van der Waals surface area contributed by atoms with E-state index >= 15 is 0 Å². The van der Waals surface area contributed by atoms with Crippen LogP contribution in [-0.2, 0) is 10.0 Å². The third-order valence-electron chi connectivity index (χ3n) is 3.64. The molecule has 1 fully saturated rings. The zero-order valence-corrected chi connectivity index (χ0v) is 11.8. The van der Waals surface area contributed by atoms with Gasteiger partial charge in [0.25, 0.3) is 0 Å². The van der Waals surface area contributed by atoms with Crippen molar-refractivity contribution in [2.24, 2.45) is 11.7 Å². The van der Waals surface area contributed by atoms with E-state index < -0.39 is 26.6 Å². The minimum absolute atomic E-state index is 0.184. The Balaban J connectivity index is 2.02. The van der Waals surface area contributed by atoms with Crippen LogP contribution >= 0.6 is 0 Å². The predicted octanol–water partition coefficient (Wildman–Crippen LogP) is 1.76. The van der Waals surface area contributed by atoms with Crippen molar-refractivity contribution >= 4 is 10.0 Å². The maximum atomic E-state index is 13.5. The molecule has 1 saturated carbocycles. The molecule has 1 aromatic rings. The quantitative estimate of drug-likeness (QED) is 0.890. The summed E-state index contributed by atoms with van der Waals surface area (Å²) in [5.74, 6) is -1.54. The fourth-order valence-corrected chi connectivity index (χ4v) is 3.58. The number of hydrogen-bond donors (Lipinski definition) is 2. The average molecular weight is 304 g/mol. The summed E-state index contributed by atoms with van der Waals surface area (Å²) in [5, 5.41) is 0. The highest BCUT2D eigenvalue weighted by Crippen LogP contribution is 2.23. The molecule has 4 nitrogen and oxygen atoms in total. The molecule has 0 aromatic heterocycles. The number of hydrogen-bond acceptors (Lipinski definition) is 3. The first-order chi connectivity index (χ1) is 9.38. The highest BCUT2D eigenvalue weighted by molar-refractivity contribution is 7.89. The molecule has 0 radical (unpaired) electrons. The first-order valence-electron chi connectivity index (χ1n) is 6.59. The maximum absolute atomic E-state index is 13.5. The summed E-state index contributed by atoms with van der Waals surface area (Å²) in [6.45, 7) is 0.227. The highest BCUT2D eigenvalue weighted by atomic mass is 32.2. The fourth-order valence-electron chi connectivity index (χ4n) is 2.38. The van der Waals surface area contributed by atoms with Crippen LogP contribution in [0.3, 0.4) is 0 Å². The normalized spacial score (nSPS) is 23.8. The summed E-state index contributed by atoms with van der Waals surface area (Å²) in [6, 6.07) is 2.57. The van der Waals surface area contributed by atoms with Gasteiger partial charge in [0, 0.05) is 12.6 Å². The Morgan fingerprint density at radius 1 is 1.20 bits per heavy atom. The predicted molar refractivity (Wildman–Crippen MR) is 71.5 cm³/mol. The Morgan fingerprint density at radius 3 is 2.50 bits per heavy atom. The summed E-state index contributed by atoms with van der Waals surface area (Å²) < 4.78 is 52.8. The van der Waals surface area contributed by atoms with Crippen molar-refractivity contribution in [3.05, 3.63) is 29.8 Å². The van der Waals surface area contributed by atoms with Crippen LogP contribution in [0.2, 0.25) is 0 Å². The Morgan fingerprint density at radius 2 is 1.85 bits per heavy atom. The molecular formula is C13H18F2N2O2S. The molecule has 0 spiro atoms. The Hall–Kier alpha value is -1.05. The summed E-state index contributed by atoms with van der Waals surface area (Å²) in [5.41, 5.74) is 5.78. The van der Waals surface area contributed by atoms with Crippen LogP contribution in [-0.4, -0.2) is 21.0 Å². The highest BCUT2D eigenvalue weighted by Gasteiger charge is 2.23. The lowest BCUT2D eigenvalue weighted by Gasteiger charge is -2.26. The third-order valence-corrected chi connectivity index (χ3v) is 5.07. The molecule has 0 aliphatic heterocycles. The van der Waals surface area contributed by atoms with Crippen molar-refractivity contribution in [1.82, 2.24) is 4.72 Å². The van der Waals surface area contributed by atoms with Gasteiger partial charge in [0.2, 0.25) is 10.0 Å². The van der Waals surface area contributed by atoms with E-state index in [1.54, 1.807) is 0 Å². The van der Waals surface area contributed by atoms with Crippen molar-refractivity contribution in [2.45, 2.75) is 36.6 Å².